The van der Waals surface area contributed by atoms with Gasteiger partial charge in [0.25, 0.3) is 10.1 Å². The maximum absolute atomic E-state index is 10.4. The third-order valence-corrected chi connectivity index (χ3v) is 2.24. The highest BCUT2D eigenvalue weighted by Gasteiger charge is 2.05. The van der Waals surface area contributed by atoms with Crippen LogP contribution in [0.4, 0.5) is 0 Å². The zero-order chi connectivity index (χ0) is 11.1. The summed E-state index contributed by atoms with van der Waals surface area (Å²) in [6, 6.07) is 7.42. The van der Waals surface area contributed by atoms with Crippen molar-refractivity contribution in [2.45, 2.75) is 4.90 Å². The molecule has 0 amide bonds. The highest BCUT2D eigenvalue weighted by atomic mass is 32.2. The van der Waals surface area contributed by atoms with Crippen molar-refractivity contribution in [1.82, 2.24) is 15.2 Å². The molecular weight excluding hydrogens is 218 g/mol. The van der Waals surface area contributed by atoms with Crippen molar-refractivity contribution >= 4 is 10.1 Å². The molecule has 2 aromatic rings. The molecule has 1 aromatic carbocycles. The summed E-state index contributed by atoms with van der Waals surface area (Å²) in [5, 5.41) is 5.99. The van der Waals surface area contributed by atoms with E-state index in [1.54, 1.807) is 18.2 Å². The molecule has 2 N–H and O–H groups in total. The zero-order valence-corrected chi connectivity index (χ0v) is 8.42. The van der Waals surface area contributed by atoms with E-state index in [4.69, 9.17) is 4.55 Å². The van der Waals surface area contributed by atoms with Gasteiger partial charge in [0.2, 0.25) is 0 Å². The largest absolute Gasteiger partial charge is 0.294 e. The minimum absolute atomic E-state index is 0.0741. The molecule has 0 unspecified atom stereocenters. The SMILES string of the molecule is O=S(=O)(O)c1ccccc1.c1nc[nH]n1. The summed E-state index contributed by atoms with van der Waals surface area (Å²) in [5.74, 6) is 0. The van der Waals surface area contributed by atoms with Crippen molar-refractivity contribution in [3.63, 3.8) is 0 Å². The fraction of sp³-hybridized carbons (Fsp3) is 0. The van der Waals surface area contributed by atoms with Gasteiger partial charge in [0.05, 0.1) is 4.90 Å². The molecule has 80 valence electrons. The van der Waals surface area contributed by atoms with E-state index in [9.17, 15) is 8.42 Å². The molecule has 0 saturated carbocycles. The van der Waals surface area contributed by atoms with E-state index >= 15 is 0 Å². The summed E-state index contributed by atoms with van der Waals surface area (Å²) < 4.78 is 29.2. The van der Waals surface area contributed by atoms with Crippen LogP contribution in [0, 0.1) is 0 Å². The van der Waals surface area contributed by atoms with E-state index in [0.717, 1.165) is 0 Å². The first-order chi connectivity index (χ1) is 7.11. The van der Waals surface area contributed by atoms with Gasteiger partial charge in [-0.05, 0) is 12.1 Å². The Balaban J connectivity index is 0.000000187. The van der Waals surface area contributed by atoms with Crippen LogP contribution in [0.5, 0.6) is 0 Å². The van der Waals surface area contributed by atoms with E-state index in [1.165, 1.54) is 24.8 Å². The standard InChI is InChI=1S/C6H6O3S.C2H3N3/c7-10(8,9)6-4-2-1-3-5-6;1-3-2-5-4-1/h1-5H,(H,7,8,9);1-2H,(H,3,4,5). The maximum Gasteiger partial charge on any atom is 0.294 e. The third-order valence-electron chi connectivity index (χ3n) is 1.37. The van der Waals surface area contributed by atoms with Crippen LogP contribution in [0.2, 0.25) is 0 Å². The van der Waals surface area contributed by atoms with E-state index < -0.39 is 10.1 Å². The molecule has 15 heavy (non-hydrogen) atoms. The number of H-pyrrole nitrogens is 1. The van der Waals surface area contributed by atoms with Gasteiger partial charge in [0.15, 0.2) is 0 Å². The Kier molecular flexibility index (Phi) is 3.95. The summed E-state index contributed by atoms with van der Waals surface area (Å²) in [5.41, 5.74) is 0. The van der Waals surface area contributed by atoms with Gasteiger partial charge in [-0.1, -0.05) is 18.2 Å². The van der Waals surface area contributed by atoms with E-state index in [-0.39, 0.29) is 4.90 Å². The van der Waals surface area contributed by atoms with Crippen molar-refractivity contribution in [1.29, 1.82) is 0 Å². The number of nitrogens with one attached hydrogen (secondary N) is 1. The van der Waals surface area contributed by atoms with Crippen molar-refractivity contribution in [2.24, 2.45) is 0 Å². The molecule has 2 rings (SSSR count). The van der Waals surface area contributed by atoms with Gasteiger partial charge in [-0.2, -0.15) is 13.5 Å². The molecule has 0 spiro atoms. The monoisotopic (exact) mass is 227 g/mol. The number of hydrogen-bond acceptors (Lipinski definition) is 4. The topological polar surface area (TPSA) is 95.9 Å². The molecule has 7 heteroatoms. The first kappa shape index (κ1) is 11.3. The second-order valence-corrected chi connectivity index (χ2v) is 3.86. The van der Waals surface area contributed by atoms with Gasteiger partial charge in [-0.15, -0.1) is 0 Å². The Morgan fingerprint density at radius 2 is 1.87 bits per heavy atom. The predicted octanol–water partition coefficient (Wildman–Crippen LogP) is 0.738. The van der Waals surface area contributed by atoms with Gasteiger partial charge in [-0.3, -0.25) is 9.65 Å². The lowest BCUT2D eigenvalue weighted by Gasteiger charge is -1.92. The Hall–Kier alpha value is -1.73. The normalized spacial score (nSPS) is 10.2. The van der Waals surface area contributed by atoms with Gasteiger partial charge in [0.1, 0.15) is 12.7 Å². The second kappa shape index (κ2) is 5.23. The van der Waals surface area contributed by atoms with E-state index in [2.05, 4.69) is 15.2 Å². The highest BCUT2D eigenvalue weighted by molar-refractivity contribution is 7.85. The number of aromatic amines is 1. The molecule has 6 nitrogen and oxygen atoms in total. The van der Waals surface area contributed by atoms with Crippen LogP contribution >= 0.6 is 0 Å². The van der Waals surface area contributed by atoms with Crippen molar-refractivity contribution in [3.8, 4) is 0 Å². The Labute approximate surface area is 86.7 Å². The Morgan fingerprint density at radius 1 is 1.20 bits per heavy atom. The average Bonchev–Trinajstić information content (AvgIpc) is 2.76. The molecule has 0 atom stereocenters. The Morgan fingerprint density at radius 3 is 2.13 bits per heavy atom. The zero-order valence-electron chi connectivity index (χ0n) is 7.61. The fourth-order valence-electron chi connectivity index (χ4n) is 0.759. The van der Waals surface area contributed by atoms with Crippen LogP contribution in [-0.4, -0.2) is 28.2 Å². The minimum Gasteiger partial charge on any atom is -0.282 e. The number of hydrogen-bond donors (Lipinski definition) is 2. The summed E-state index contributed by atoms with van der Waals surface area (Å²) in [4.78, 5) is 3.48. The molecule has 1 heterocycles. The smallest absolute Gasteiger partial charge is 0.282 e. The minimum atomic E-state index is -4.00. The molecule has 0 bridgehead atoms. The number of benzene rings is 1. The molecule has 0 radical (unpaired) electrons. The van der Waals surface area contributed by atoms with Crippen molar-refractivity contribution in [2.75, 3.05) is 0 Å². The molecule has 0 saturated heterocycles. The summed E-state index contributed by atoms with van der Waals surface area (Å²) in [6.07, 6.45) is 2.96. The molecule has 1 aromatic heterocycles. The molecule has 0 fully saturated rings. The van der Waals surface area contributed by atoms with Crippen molar-refractivity contribution in [3.05, 3.63) is 43.0 Å². The Bertz CT molecular complexity index is 450. The lowest BCUT2D eigenvalue weighted by molar-refractivity contribution is 0.483. The van der Waals surface area contributed by atoms with Gasteiger partial charge in [0, 0.05) is 0 Å². The van der Waals surface area contributed by atoms with Crippen LogP contribution in [0.1, 0.15) is 0 Å². The van der Waals surface area contributed by atoms with Crippen LogP contribution in [0.25, 0.3) is 0 Å². The number of aromatic nitrogens is 3. The second-order valence-electron chi connectivity index (χ2n) is 2.44. The summed E-state index contributed by atoms with van der Waals surface area (Å²) in [7, 11) is -4.00. The van der Waals surface area contributed by atoms with Gasteiger partial charge >= 0.3 is 0 Å². The van der Waals surface area contributed by atoms with Crippen LogP contribution < -0.4 is 0 Å². The number of nitrogens with zero attached hydrogens (tertiary/aromatic N) is 2. The quantitative estimate of drug-likeness (QED) is 0.700. The lowest BCUT2D eigenvalue weighted by Crippen LogP contribution is -1.96. The molecule has 0 aliphatic heterocycles. The lowest BCUT2D eigenvalue weighted by atomic mass is 10.4. The maximum atomic E-state index is 10.4. The van der Waals surface area contributed by atoms with Crippen molar-refractivity contribution < 1.29 is 13.0 Å². The van der Waals surface area contributed by atoms with E-state index in [1.807, 2.05) is 0 Å². The summed E-state index contributed by atoms with van der Waals surface area (Å²) >= 11 is 0. The third kappa shape index (κ3) is 4.34. The van der Waals surface area contributed by atoms with Gasteiger partial charge < -0.3 is 0 Å². The molecular formula is C8H9N3O3S. The fourth-order valence-corrected chi connectivity index (χ4v) is 1.26. The first-order valence-electron chi connectivity index (χ1n) is 3.92. The summed E-state index contributed by atoms with van der Waals surface area (Å²) in [6.45, 7) is 0. The molecule has 0 aliphatic rings. The van der Waals surface area contributed by atoms with Gasteiger partial charge in [-0.25, -0.2) is 4.98 Å². The predicted molar refractivity (Wildman–Crippen MR) is 52.6 cm³/mol. The van der Waals surface area contributed by atoms with Crippen LogP contribution in [-0.2, 0) is 10.1 Å². The molecule has 0 aliphatic carbocycles. The first-order valence-corrected chi connectivity index (χ1v) is 5.36. The highest BCUT2D eigenvalue weighted by Crippen LogP contribution is 2.05. The number of rotatable bonds is 1. The van der Waals surface area contributed by atoms with Crippen LogP contribution in [0.15, 0.2) is 47.9 Å². The average molecular weight is 227 g/mol. The van der Waals surface area contributed by atoms with Crippen LogP contribution in [0.3, 0.4) is 0 Å². The van der Waals surface area contributed by atoms with E-state index in [0.29, 0.717) is 0 Å².